The molecule has 10 heteroatoms. The van der Waals surface area contributed by atoms with Gasteiger partial charge in [-0.3, -0.25) is 4.68 Å². The molecule has 0 aliphatic carbocycles. The number of nitrogens with one attached hydrogen (secondary N) is 1. The van der Waals surface area contributed by atoms with Crippen LogP contribution in [0.1, 0.15) is 23.1 Å². The van der Waals surface area contributed by atoms with E-state index in [0.29, 0.717) is 17.3 Å². The molecular weight excluding hydrogens is 421 g/mol. The maximum atomic E-state index is 13.6. The summed E-state index contributed by atoms with van der Waals surface area (Å²) in [5.41, 5.74) is 1.91. The van der Waals surface area contributed by atoms with E-state index >= 15 is 0 Å². The van der Waals surface area contributed by atoms with E-state index in [-0.39, 0.29) is 30.2 Å². The number of ether oxygens (including phenoxy) is 1. The molecule has 0 saturated carbocycles. The molecule has 0 spiro atoms. The van der Waals surface area contributed by atoms with Gasteiger partial charge in [-0.2, -0.15) is 9.40 Å². The van der Waals surface area contributed by atoms with E-state index in [4.69, 9.17) is 4.74 Å². The number of anilines is 2. The molecule has 0 amide bonds. The molecule has 8 nitrogen and oxygen atoms in total. The third-order valence-electron chi connectivity index (χ3n) is 5.27. The molecule has 3 aromatic rings. The van der Waals surface area contributed by atoms with Gasteiger partial charge in [0.15, 0.2) is 5.82 Å². The minimum absolute atomic E-state index is 0.0703. The average molecular weight is 446 g/mol. The number of morpholine rings is 1. The van der Waals surface area contributed by atoms with Crippen LogP contribution in [0.2, 0.25) is 0 Å². The highest BCUT2D eigenvalue weighted by Gasteiger charge is 2.32. The summed E-state index contributed by atoms with van der Waals surface area (Å²) in [7, 11) is -1.91. The normalized spacial score (nSPS) is 17.6. The van der Waals surface area contributed by atoms with E-state index in [1.54, 1.807) is 17.7 Å². The van der Waals surface area contributed by atoms with Crippen LogP contribution in [0.5, 0.6) is 0 Å². The van der Waals surface area contributed by atoms with Gasteiger partial charge in [0.1, 0.15) is 17.7 Å². The Morgan fingerprint density at radius 3 is 2.68 bits per heavy atom. The van der Waals surface area contributed by atoms with Crippen LogP contribution in [0.3, 0.4) is 0 Å². The first-order chi connectivity index (χ1) is 14.7. The van der Waals surface area contributed by atoms with Crippen molar-refractivity contribution >= 4 is 21.7 Å². The molecule has 1 aromatic carbocycles. The summed E-state index contributed by atoms with van der Waals surface area (Å²) in [4.78, 5) is 4.66. The van der Waals surface area contributed by atoms with Crippen molar-refractivity contribution in [1.29, 1.82) is 0 Å². The molecule has 1 unspecified atom stereocenters. The zero-order valence-electron chi connectivity index (χ0n) is 17.5. The maximum absolute atomic E-state index is 13.6. The summed E-state index contributed by atoms with van der Waals surface area (Å²) in [5.74, 6) is 0.828. The van der Waals surface area contributed by atoms with Crippen molar-refractivity contribution in [2.24, 2.45) is 7.05 Å². The fourth-order valence-corrected chi connectivity index (χ4v) is 4.91. The molecule has 1 atom stereocenters. The zero-order valence-corrected chi connectivity index (χ0v) is 18.4. The summed E-state index contributed by atoms with van der Waals surface area (Å²) in [6, 6.07) is 11.2. The number of rotatable bonds is 5. The van der Waals surface area contributed by atoms with Crippen molar-refractivity contribution in [2.45, 2.75) is 24.8 Å². The first-order valence-corrected chi connectivity index (χ1v) is 11.3. The Kier molecular flexibility index (Phi) is 5.78. The number of benzene rings is 1. The van der Waals surface area contributed by atoms with E-state index < -0.39 is 21.9 Å². The van der Waals surface area contributed by atoms with Crippen molar-refractivity contribution in [2.75, 3.05) is 25.0 Å². The summed E-state index contributed by atoms with van der Waals surface area (Å²) in [5, 5.41) is 7.52. The molecule has 1 saturated heterocycles. The predicted molar refractivity (Wildman–Crippen MR) is 114 cm³/mol. The first kappa shape index (κ1) is 21.4. The van der Waals surface area contributed by atoms with Crippen LogP contribution >= 0.6 is 0 Å². The minimum Gasteiger partial charge on any atom is -0.369 e. The number of halogens is 1. The fourth-order valence-electron chi connectivity index (χ4n) is 3.40. The zero-order chi connectivity index (χ0) is 22.2. The van der Waals surface area contributed by atoms with E-state index in [9.17, 15) is 12.8 Å². The second kappa shape index (κ2) is 8.37. The SMILES string of the molecule is Cc1cc(S(=O)(=O)N2CCOC(c3cccc(Nc4cc(C)n(C)n4)n3)C2)ccc1F. The van der Waals surface area contributed by atoms with Crippen LogP contribution in [-0.4, -0.2) is 47.2 Å². The lowest BCUT2D eigenvalue weighted by Crippen LogP contribution is -2.42. The minimum atomic E-state index is -3.77. The highest BCUT2D eigenvalue weighted by molar-refractivity contribution is 7.89. The molecule has 0 radical (unpaired) electrons. The monoisotopic (exact) mass is 445 g/mol. The highest BCUT2D eigenvalue weighted by Crippen LogP contribution is 2.27. The van der Waals surface area contributed by atoms with Crippen LogP contribution in [0.4, 0.5) is 16.0 Å². The van der Waals surface area contributed by atoms with Gasteiger partial charge in [-0.15, -0.1) is 0 Å². The van der Waals surface area contributed by atoms with Crippen molar-refractivity contribution in [3.05, 3.63) is 65.2 Å². The molecule has 31 heavy (non-hydrogen) atoms. The summed E-state index contributed by atoms with van der Waals surface area (Å²) in [6.45, 7) is 4.08. The highest BCUT2D eigenvalue weighted by atomic mass is 32.2. The third kappa shape index (κ3) is 4.46. The quantitative estimate of drug-likeness (QED) is 0.649. The van der Waals surface area contributed by atoms with Gasteiger partial charge in [-0.05, 0) is 49.7 Å². The van der Waals surface area contributed by atoms with Gasteiger partial charge < -0.3 is 10.1 Å². The van der Waals surface area contributed by atoms with Gasteiger partial charge in [0, 0.05) is 31.9 Å². The van der Waals surface area contributed by atoms with Gasteiger partial charge >= 0.3 is 0 Å². The number of sulfonamides is 1. The molecule has 4 rings (SSSR count). The first-order valence-electron chi connectivity index (χ1n) is 9.86. The lowest BCUT2D eigenvalue weighted by molar-refractivity contribution is -0.00486. The lowest BCUT2D eigenvalue weighted by Gasteiger charge is -2.32. The molecule has 1 aliphatic heterocycles. The number of nitrogens with zero attached hydrogens (tertiary/aromatic N) is 4. The van der Waals surface area contributed by atoms with Gasteiger partial charge in [0.05, 0.1) is 17.2 Å². The van der Waals surface area contributed by atoms with E-state index in [1.807, 2.05) is 32.2 Å². The molecule has 1 aliphatic rings. The molecule has 164 valence electrons. The van der Waals surface area contributed by atoms with E-state index in [1.165, 1.54) is 22.5 Å². The third-order valence-corrected chi connectivity index (χ3v) is 7.13. The molecule has 0 bridgehead atoms. The number of hydrogen-bond acceptors (Lipinski definition) is 6. The van der Waals surface area contributed by atoms with Gasteiger partial charge in [-0.25, -0.2) is 17.8 Å². The van der Waals surface area contributed by atoms with E-state index in [0.717, 1.165) is 5.69 Å². The number of aryl methyl sites for hydroxylation is 3. The summed E-state index contributed by atoms with van der Waals surface area (Å²) < 4.78 is 48.7. The smallest absolute Gasteiger partial charge is 0.243 e. The Labute approximate surface area is 180 Å². The topological polar surface area (TPSA) is 89.4 Å². The van der Waals surface area contributed by atoms with Gasteiger partial charge in [0.25, 0.3) is 0 Å². The van der Waals surface area contributed by atoms with Gasteiger partial charge in [0.2, 0.25) is 10.0 Å². The van der Waals surface area contributed by atoms with Crippen molar-refractivity contribution < 1.29 is 17.5 Å². The van der Waals surface area contributed by atoms with Crippen LogP contribution in [0.25, 0.3) is 0 Å². The summed E-state index contributed by atoms with van der Waals surface area (Å²) in [6.07, 6.45) is -0.516. The average Bonchev–Trinajstić information content (AvgIpc) is 3.07. The number of aromatic nitrogens is 3. The number of hydrogen-bond donors (Lipinski definition) is 1. The second-order valence-corrected chi connectivity index (χ2v) is 9.44. The van der Waals surface area contributed by atoms with Crippen molar-refractivity contribution in [1.82, 2.24) is 19.1 Å². The van der Waals surface area contributed by atoms with Crippen molar-refractivity contribution in [3.8, 4) is 0 Å². The van der Waals surface area contributed by atoms with Crippen LogP contribution in [-0.2, 0) is 21.8 Å². The Hall–Kier alpha value is -2.82. The predicted octanol–water partition coefficient (Wildman–Crippen LogP) is 3.08. The largest absolute Gasteiger partial charge is 0.369 e. The summed E-state index contributed by atoms with van der Waals surface area (Å²) >= 11 is 0. The second-order valence-electron chi connectivity index (χ2n) is 7.50. The lowest BCUT2D eigenvalue weighted by atomic mass is 10.2. The Morgan fingerprint density at radius 2 is 1.97 bits per heavy atom. The number of pyridine rings is 1. The molecular formula is C21H24FN5O3S. The molecule has 1 N–H and O–H groups in total. The Balaban J connectivity index is 1.53. The Morgan fingerprint density at radius 1 is 1.16 bits per heavy atom. The molecule has 1 fully saturated rings. The van der Waals surface area contributed by atoms with Crippen LogP contribution in [0, 0.1) is 19.7 Å². The standard InChI is InChI=1S/C21H24FN5O3S/c1-14-11-16(7-8-17(14)22)31(28,29)27-9-10-30-19(13-27)18-5-4-6-20(23-18)24-21-12-15(2)26(3)25-21/h4-8,11-12,19H,9-10,13H2,1-3H3,(H,23,24,25). The molecule has 3 heterocycles. The van der Waals surface area contributed by atoms with Crippen LogP contribution in [0.15, 0.2) is 47.4 Å². The van der Waals surface area contributed by atoms with Gasteiger partial charge in [-0.1, -0.05) is 6.07 Å². The Bertz CT molecular complexity index is 1190. The van der Waals surface area contributed by atoms with Crippen LogP contribution < -0.4 is 5.32 Å². The maximum Gasteiger partial charge on any atom is 0.243 e. The van der Waals surface area contributed by atoms with Crippen molar-refractivity contribution in [3.63, 3.8) is 0 Å². The fraction of sp³-hybridized carbons (Fsp3) is 0.333. The molecule has 2 aromatic heterocycles. The van der Waals surface area contributed by atoms with E-state index in [2.05, 4.69) is 15.4 Å².